The van der Waals surface area contributed by atoms with Crippen LogP contribution in [-0.2, 0) is 6.54 Å². The highest BCUT2D eigenvalue weighted by atomic mass is 32.2. The molecule has 0 aliphatic carbocycles. The van der Waals surface area contributed by atoms with Crippen molar-refractivity contribution in [2.45, 2.75) is 20.4 Å². The van der Waals surface area contributed by atoms with E-state index in [1.807, 2.05) is 19.9 Å². The predicted octanol–water partition coefficient (Wildman–Crippen LogP) is 1.11. The van der Waals surface area contributed by atoms with Gasteiger partial charge in [0, 0.05) is 24.6 Å². The molecule has 0 aromatic carbocycles. The number of nitrogens with two attached hydrogens (primary N) is 1. The molecule has 0 unspecified atom stereocenters. The van der Waals surface area contributed by atoms with Gasteiger partial charge in [-0.05, 0) is 5.92 Å². The standard InChI is InChI=1S/C13H22N4O2S/c1-4-6-20-7-5-15-10-11(14)17(8-9(2)3)13(19)16-12(10)18/h4,9,15H,1,5-8,14H2,2-3H3,(H,16,18,19). The van der Waals surface area contributed by atoms with E-state index in [4.69, 9.17) is 5.73 Å². The average molecular weight is 298 g/mol. The van der Waals surface area contributed by atoms with E-state index in [1.54, 1.807) is 11.8 Å². The smallest absolute Gasteiger partial charge is 0.330 e. The van der Waals surface area contributed by atoms with Crippen LogP contribution in [-0.4, -0.2) is 27.6 Å². The fourth-order valence-electron chi connectivity index (χ4n) is 1.72. The Morgan fingerprint density at radius 3 is 2.80 bits per heavy atom. The molecule has 6 nitrogen and oxygen atoms in total. The lowest BCUT2D eigenvalue weighted by molar-refractivity contribution is 0.508. The fourth-order valence-corrected chi connectivity index (χ4v) is 2.30. The highest BCUT2D eigenvalue weighted by molar-refractivity contribution is 7.99. The van der Waals surface area contributed by atoms with Gasteiger partial charge in [0.1, 0.15) is 11.5 Å². The van der Waals surface area contributed by atoms with Gasteiger partial charge in [-0.25, -0.2) is 4.79 Å². The summed E-state index contributed by atoms with van der Waals surface area (Å²) in [6.07, 6.45) is 1.83. The second-order valence-corrected chi connectivity index (χ2v) is 5.96. The topological polar surface area (TPSA) is 92.9 Å². The van der Waals surface area contributed by atoms with E-state index < -0.39 is 11.2 Å². The Morgan fingerprint density at radius 2 is 2.20 bits per heavy atom. The van der Waals surface area contributed by atoms with Crippen LogP contribution in [0.3, 0.4) is 0 Å². The Hall–Kier alpha value is -1.63. The van der Waals surface area contributed by atoms with E-state index in [0.717, 1.165) is 11.5 Å². The lowest BCUT2D eigenvalue weighted by Crippen LogP contribution is -2.35. The first-order valence-corrected chi connectivity index (χ1v) is 7.68. The number of nitrogens with one attached hydrogen (secondary N) is 2. The minimum Gasteiger partial charge on any atom is -0.383 e. The second kappa shape index (κ2) is 7.84. The number of hydrogen-bond acceptors (Lipinski definition) is 5. The van der Waals surface area contributed by atoms with Crippen molar-refractivity contribution < 1.29 is 0 Å². The Balaban J connectivity index is 2.87. The molecule has 20 heavy (non-hydrogen) atoms. The van der Waals surface area contributed by atoms with Gasteiger partial charge in [-0.1, -0.05) is 19.9 Å². The molecule has 0 fully saturated rings. The lowest BCUT2D eigenvalue weighted by Gasteiger charge is -2.15. The molecule has 0 aliphatic rings. The third kappa shape index (κ3) is 4.48. The van der Waals surface area contributed by atoms with Crippen LogP contribution in [0.1, 0.15) is 13.8 Å². The monoisotopic (exact) mass is 298 g/mol. The number of rotatable bonds is 8. The maximum absolute atomic E-state index is 11.8. The van der Waals surface area contributed by atoms with Crippen LogP contribution < -0.4 is 22.3 Å². The van der Waals surface area contributed by atoms with E-state index in [2.05, 4.69) is 16.9 Å². The van der Waals surface area contributed by atoms with Crippen molar-refractivity contribution in [2.24, 2.45) is 5.92 Å². The Labute approximate surface area is 122 Å². The van der Waals surface area contributed by atoms with Crippen LogP contribution in [0.2, 0.25) is 0 Å². The highest BCUT2D eigenvalue weighted by Gasteiger charge is 2.12. The summed E-state index contributed by atoms with van der Waals surface area (Å²) in [4.78, 5) is 25.8. The van der Waals surface area contributed by atoms with E-state index in [1.165, 1.54) is 4.57 Å². The second-order valence-electron chi connectivity index (χ2n) is 4.81. The zero-order valence-corrected chi connectivity index (χ0v) is 12.8. The largest absolute Gasteiger partial charge is 0.383 e. The van der Waals surface area contributed by atoms with Crippen LogP contribution in [0, 0.1) is 5.92 Å². The quantitative estimate of drug-likeness (QED) is 0.494. The maximum atomic E-state index is 11.8. The molecule has 4 N–H and O–H groups in total. The average Bonchev–Trinajstić information content (AvgIpc) is 2.37. The van der Waals surface area contributed by atoms with E-state index >= 15 is 0 Å². The molecule has 0 bridgehead atoms. The molecule has 0 spiro atoms. The summed E-state index contributed by atoms with van der Waals surface area (Å²) in [5, 5.41) is 3.00. The van der Waals surface area contributed by atoms with Crippen molar-refractivity contribution in [1.82, 2.24) is 9.55 Å². The molecule has 0 radical (unpaired) electrons. The van der Waals surface area contributed by atoms with Crippen molar-refractivity contribution in [3.05, 3.63) is 33.5 Å². The first kappa shape index (κ1) is 16.4. The molecule has 112 valence electrons. The van der Waals surface area contributed by atoms with Gasteiger partial charge >= 0.3 is 5.69 Å². The van der Waals surface area contributed by atoms with Gasteiger partial charge in [-0.3, -0.25) is 14.3 Å². The zero-order chi connectivity index (χ0) is 15.1. The number of hydrogen-bond donors (Lipinski definition) is 3. The van der Waals surface area contributed by atoms with E-state index in [9.17, 15) is 9.59 Å². The zero-order valence-electron chi connectivity index (χ0n) is 11.9. The normalized spacial score (nSPS) is 10.8. The van der Waals surface area contributed by atoms with E-state index in [-0.39, 0.29) is 17.4 Å². The third-order valence-corrected chi connectivity index (χ3v) is 3.54. The number of aromatic nitrogens is 2. The molecule has 0 aliphatic heterocycles. The maximum Gasteiger partial charge on any atom is 0.330 e. The molecule has 1 rings (SSSR count). The molecular weight excluding hydrogens is 276 g/mol. The summed E-state index contributed by atoms with van der Waals surface area (Å²) in [5.74, 6) is 2.15. The number of anilines is 2. The summed E-state index contributed by atoms with van der Waals surface area (Å²) in [7, 11) is 0. The molecule has 1 heterocycles. The minimum absolute atomic E-state index is 0.196. The number of thioether (sulfide) groups is 1. The van der Waals surface area contributed by atoms with Gasteiger partial charge in [0.25, 0.3) is 5.56 Å². The number of H-pyrrole nitrogens is 1. The van der Waals surface area contributed by atoms with Gasteiger partial charge in [-0.2, -0.15) is 11.8 Å². The van der Waals surface area contributed by atoms with Crippen LogP contribution in [0.15, 0.2) is 22.2 Å². The van der Waals surface area contributed by atoms with Crippen LogP contribution in [0.5, 0.6) is 0 Å². The Morgan fingerprint density at radius 1 is 1.50 bits per heavy atom. The summed E-state index contributed by atoms with van der Waals surface area (Å²) in [5.41, 5.74) is 5.26. The van der Waals surface area contributed by atoms with Crippen molar-refractivity contribution in [1.29, 1.82) is 0 Å². The van der Waals surface area contributed by atoms with Crippen molar-refractivity contribution in [3.8, 4) is 0 Å². The summed E-state index contributed by atoms with van der Waals surface area (Å²) < 4.78 is 1.39. The summed E-state index contributed by atoms with van der Waals surface area (Å²) in [6, 6.07) is 0. The molecular formula is C13H22N4O2S. The van der Waals surface area contributed by atoms with Crippen molar-refractivity contribution in [2.75, 3.05) is 29.1 Å². The minimum atomic E-state index is -0.471. The third-order valence-electron chi connectivity index (χ3n) is 2.57. The molecule has 7 heteroatoms. The van der Waals surface area contributed by atoms with Crippen molar-refractivity contribution in [3.63, 3.8) is 0 Å². The van der Waals surface area contributed by atoms with E-state index in [0.29, 0.717) is 13.1 Å². The Bertz CT molecular complexity index is 562. The fraction of sp³-hybridized carbons (Fsp3) is 0.538. The first-order chi connectivity index (χ1) is 9.47. The summed E-state index contributed by atoms with van der Waals surface area (Å²) >= 11 is 1.70. The first-order valence-electron chi connectivity index (χ1n) is 6.52. The molecule has 1 aromatic heterocycles. The number of nitrogens with zero attached hydrogens (tertiary/aromatic N) is 1. The summed E-state index contributed by atoms with van der Waals surface area (Å²) in [6.45, 7) is 8.68. The molecule has 0 atom stereocenters. The Kier molecular flexibility index (Phi) is 6.44. The SMILES string of the molecule is C=CCSCCNc1c(N)n(CC(C)C)c(=O)[nH]c1=O. The van der Waals surface area contributed by atoms with Gasteiger partial charge in [-0.15, -0.1) is 6.58 Å². The molecule has 1 aromatic rings. The highest BCUT2D eigenvalue weighted by Crippen LogP contribution is 2.12. The molecule has 0 saturated heterocycles. The van der Waals surface area contributed by atoms with Crippen LogP contribution in [0.25, 0.3) is 0 Å². The van der Waals surface area contributed by atoms with Gasteiger partial charge in [0.05, 0.1) is 0 Å². The van der Waals surface area contributed by atoms with Gasteiger partial charge in [0.2, 0.25) is 0 Å². The van der Waals surface area contributed by atoms with Crippen molar-refractivity contribution >= 4 is 23.3 Å². The predicted molar refractivity (Wildman–Crippen MR) is 86.6 cm³/mol. The van der Waals surface area contributed by atoms with Crippen LogP contribution >= 0.6 is 11.8 Å². The lowest BCUT2D eigenvalue weighted by atomic mass is 10.2. The van der Waals surface area contributed by atoms with Gasteiger partial charge in [0.15, 0.2) is 0 Å². The number of nitrogen functional groups attached to an aromatic ring is 1. The van der Waals surface area contributed by atoms with Crippen LogP contribution in [0.4, 0.5) is 11.5 Å². The van der Waals surface area contributed by atoms with Gasteiger partial charge < -0.3 is 11.1 Å². The number of aromatic amines is 1. The molecule has 0 amide bonds. The molecule has 0 saturated carbocycles.